The fourth-order valence-corrected chi connectivity index (χ4v) is 3.87. The topological polar surface area (TPSA) is 12.0 Å². The minimum Gasteiger partial charge on any atom is -0.351 e. The molecule has 1 nitrogen and oxygen atoms in total. The van der Waals surface area contributed by atoms with Crippen LogP contribution in [0.15, 0.2) is 49.1 Å². The van der Waals surface area contributed by atoms with Crippen LogP contribution < -0.4 is 5.32 Å². The molecule has 2 aromatic carbocycles. The number of halogens is 3. The van der Waals surface area contributed by atoms with Crippen molar-refractivity contribution in [3.8, 4) is 0 Å². The van der Waals surface area contributed by atoms with Crippen molar-refractivity contribution in [1.29, 1.82) is 0 Å². The molecule has 0 unspecified atom stereocenters. The zero-order chi connectivity index (χ0) is 12.0. The van der Waals surface area contributed by atoms with Gasteiger partial charge in [-0.15, -0.1) is 0 Å². The maximum atomic E-state index is 13.8. The first-order chi connectivity index (χ1) is 8.13. The molecule has 0 spiro atoms. The zero-order valence-corrected chi connectivity index (χ0v) is 12.4. The first-order valence-electron chi connectivity index (χ1n) is 4.87. The lowest BCUT2D eigenvalue weighted by molar-refractivity contribution is 0.627. The number of benzene rings is 2. The van der Waals surface area contributed by atoms with Gasteiger partial charge in [0.2, 0.25) is 0 Å². The molecule has 0 bridgehead atoms. The Bertz CT molecular complexity index is 616. The van der Waals surface area contributed by atoms with Crippen molar-refractivity contribution >= 4 is 55.0 Å². The Morgan fingerprint density at radius 2 is 1.76 bits per heavy atom. The average molecular weight is 375 g/mol. The van der Waals surface area contributed by atoms with Gasteiger partial charge in [-0.05, 0) is 30.3 Å². The highest BCUT2D eigenvalue weighted by atomic mass is 79.9. The summed E-state index contributed by atoms with van der Waals surface area (Å²) in [5.41, 5.74) is 1.49. The highest BCUT2D eigenvalue weighted by molar-refractivity contribution is 9.10. The molecular weight excluding hydrogens is 369 g/mol. The van der Waals surface area contributed by atoms with Gasteiger partial charge in [0.15, 0.2) is 0 Å². The van der Waals surface area contributed by atoms with Gasteiger partial charge < -0.3 is 5.32 Å². The monoisotopic (exact) mass is 373 g/mol. The molecule has 1 heterocycles. The molecule has 1 N–H and O–H groups in total. The first kappa shape index (κ1) is 11.6. The summed E-state index contributed by atoms with van der Waals surface area (Å²) in [7, 11) is 0. The number of fused-ring (bicyclic) bond motifs is 2. The Morgan fingerprint density at radius 1 is 1.00 bits per heavy atom. The van der Waals surface area contributed by atoms with E-state index >= 15 is 0 Å². The van der Waals surface area contributed by atoms with Crippen LogP contribution in [0, 0.1) is 5.82 Å². The second-order valence-corrected chi connectivity index (χ2v) is 6.54. The van der Waals surface area contributed by atoms with E-state index in [1.165, 1.54) is 6.07 Å². The molecule has 1 aliphatic rings. The molecule has 0 aromatic heterocycles. The highest BCUT2D eigenvalue weighted by Crippen LogP contribution is 2.46. The van der Waals surface area contributed by atoms with Gasteiger partial charge in [0.1, 0.15) is 5.82 Å². The van der Waals surface area contributed by atoms with Crippen LogP contribution >= 0.6 is 43.6 Å². The maximum Gasteiger partial charge on any atom is 0.148 e. The molecule has 0 amide bonds. The van der Waals surface area contributed by atoms with Crippen LogP contribution in [0.2, 0.25) is 0 Å². The van der Waals surface area contributed by atoms with Crippen LogP contribution in [-0.2, 0) is 0 Å². The summed E-state index contributed by atoms with van der Waals surface area (Å²) < 4.78 is 15.6. The van der Waals surface area contributed by atoms with Gasteiger partial charge in [-0.2, -0.15) is 0 Å². The molecule has 0 atom stereocenters. The molecule has 5 heteroatoms. The van der Waals surface area contributed by atoms with Crippen LogP contribution in [0.3, 0.4) is 0 Å². The Labute approximate surface area is 119 Å². The first-order valence-corrected chi connectivity index (χ1v) is 7.27. The summed E-state index contributed by atoms with van der Waals surface area (Å²) in [5.74, 6) is -0.240. The third-order valence-electron chi connectivity index (χ3n) is 2.44. The fraction of sp³-hybridized carbons (Fsp3) is 0. The Balaban J connectivity index is 2.14. The molecule has 17 heavy (non-hydrogen) atoms. The summed E-state index contributed by atoms with van der Waals surface area (Å²) in [6.45, 7) is 0. The van der Waals surface area contributed by atoms with E-state index in [-0.39, 0.29) is 5.82 Å². The van der Waals surface area contributed by atoms with Crippen molar-refractivity contribution in [1.82, 2.24) is 0 Å². The predicted molar refractivity (Wildman–Crippen MR) is 75.6 cm³/mol. The molecule has 3 rings (SSSR count). The van der Waals surface area contributed by atoms with Crippen molar-refractivity contribution < 1.29 is 4.39 Å². The number of rotatable bonds is 0. The van der Waals surface area contributed by atoms with Gasteiger partial charge in [-0.3, -0.25) is 0 Å². The molecule has 0 saturated heterocycles. The molecule has 0 saturated carbocycles. The largest absolute Gasteiger partial charge is 0.351 e. The van der Waals surface area contributed by atoms with E-state index in [0.29, 0.717) is 5.69 Å². The lowest BCUT2D eigenvalue weighted by Gasteiger charge is -2.21. The molecule has 1 aliphatic heterocycles. The molecule has 0 radical (unpaired) electrons. The Hall–Kier alpha value is -0.520. The lowest BCUT2D eigenvalue weighted by Crippen LogP contribution is -2.02. The standard InChI is InChI=1S/C12H6Br2FNS/c13-6-1-2-9-10(4-6)17-11-5-7(14)3-8(15)12(11)16-9/h1-5,16H. The Kier molecular flexibility index (Phi) is 2.92. The van der Waals surface area contributed by atoms with Gasteiger partial charge in [-0.1, -0.05) is 43.6 Å². The maximum absolute atomic E-state index is 13.8. The number of hydrogen-bond donors (Lipinski definition) is 1. The van der Waals surface area contributed by atoms with Crippen molar-refractivity contribution in [3.63, 3.8) is 0 Å². The minimum atomic E-state index is -0.240. The second kappa shape index (κ2) is 4.30. The normalized spacial score (nSPS) is 12.6. The summed E-state index contributed by atoms with van der Waals surface area (Å²) in [5, 5.41) is 3.13. The predicted octanol–water partition coefficient (Wildman–Crippen LogP) is 5.56. The van der Waals surface area contributed by atoms with E-state index in [4.69, 9.17) is 0 Å². The van der Waals surface area contributed by atoms with Gasteiger partial charge in [-0.25, -0.2) is 4.39 Å². The number of hydrogen-bond acceptors (Lipinski definition) is 2. The van der Waals surface area contributed by atoms with Crippen LogP contribution in [0.25, 0.3) is 0 Å². The van der Waals surface area contributed by atoms with Crippen molar-refractivity contribution in [2.75, 3.05) is 5.32 Å². The van der Waals surface area contributed by atoms with Gasteiger partial charge in [0.25, 0.3) is 0 Å². The zero-order valence-electron chi connectivity index (χ0n) is 8.43. The summed E-state index contributed by atoms with van der Waals surface area (Å²) in [6, 6.07) is 9.29. The van der Waals surface area contributed by atoms with E-state index in [2.05, 4.69) is 37.2 Å². The molecule has 0 aliphatic carbocycles. The molecule has 2 aromatic rings. The summed E-state index contributed by atoms with van der Waals surface area (Å²) in [6.07, 6.45) is 0. The average Bonchev–Trinajstić information content (AvgIpc) is 2.26. The number of nitrogens with one attached hydrogen (secondary N) is 1. The highest BCUT2D eigenvalue weighted by Gasteiger charge is 2.19. The molecular formula is C12H6Br2FNS. The summed E-state index contributed by atoms with van der Waals surface area (Å²) in [4.78, 5) is 1.98. The van der Waals surface area contributed by atoms with E-state index in [0.717, 1.165) is 24.4 Å². The van der Waals surface area contributed by atoms with Gasteiger partial charge >= 0.3 is 0 Å². The van der Waals surface area contributed by atoms with E-state index in [1.807, 2.05) is 24.3 Å². The third-order valence-corrected chi connectivity index (χ3v) is 4.49. The minimum absolute atomic E-state index is 0.240. The molecule has 0 fully saturated rings. The fourth-order valence-electron chi connectivity index (χ4n) is 1.69. The number of anilines is 2. The van der Waals surface area contributed by atoms with Crippen LogP contribution in [0.5, 0.6) is 0 Å². The quantitative estimate of drug-likeness (QED) is 0.552. The second-order valence-electron chi connectivity index (χ2n) is 3.63. The smallest absolute Gasteiger partial charge is 0.148 e. The van der Waals surface area contributed by atoms with Crippen molar-refractivity contribution in [2.45, 2.75) is 9.79 Å². The van der Waals surface area contributed by atoms with Crippen molar-refractivity contribution in [2.24, 2.45) is 0 Å². The van der Waals surface area contributed by atoms with E-state index < -0.39 is 0 Å². The van der Waals surface area contributed by atoms with E-state index in [1.54, 1.807) is 11.8 Å². The van der Waals surface area contributed by atoms with Crippen LogP contribution in [0.4, 0.5) is 15.8 Å². The van der Waals surface area contributed by atoms with Gasteiger partial charge in [0, 0.05) is 18.7 Å². The lowest BCUT2D eigenvalue weighted by atomic mass is 10.2. The van der Waals surface area contributed by atoms with Crippen LogP contribution in [0.1, 0.15) is 0 Å². The summed E-state index contributed by atoms with van der Waals surface area (Å²) >= 11 is 8.30. The SMILES string of the molecule is Fc1cc(Br)cc2c1Nc1ccc(Br)cc1S2. The van der Waals surface area contributed by atoms with E-state index in [9.17, 15) is 4.39 Å². The third kappa shape index (κ3) is 2.11. The van der Waals surface area contributed by atoms with Crippen molar-refractivity contribution in [3.05, 3.63) is 45.1 Å². The molecule has 86 valence electrons. The van der Waals surface area contributed by atoms with Gasteiger partial charge in [0.05, 0.1) is 11.4 Å². The van der Waals surface area contributed by atoms with Crippen LogP contribution in [-0.4, -0.2) is 0 Å². The Morgan fingerprint density at radius 3 is 2.59 bits per heavy atom.